The van der Waals surface area contributed by atoms with Crippen molar-refractivity contribution in [3.8, 4) is 16.3 Å². The Morgan fingerprint density at radius 2 is 2.19 bits per heavy atom. The average Bonchev–Trinajstić information content (AvgIpc) is 2.99. The number of rotatable bonds is 7. The Hall–Kier alpha value is -1.88. The first-order valence-electron chi connectivity index (χ1n) is 7.09. The van der Waals surface area contributed by atoms with Crippen LogP contribution in [0.2, 0.25) is 0 Å². The fourth-order valence-corrected chi connectivity index (χ4v) is 2.85. The van der Waals surface area contributed by atoms with E-state index in [0.29, 0.717) is 12.8 Å². The Balaban J connectivity index is 2.00. The van der Waals surface area contributed by atoms with Gasteiger partial charge in [0.15, 0.2) is 0 Å². The predicted molar refractivity (Wildman–Crippen MR) is 85.7 cm³/mol. The van der Waals surface area contributed by atoms with Crippen molar-refractivity contribution in [2.45, 2.75) is 26.2 Å². The van der Waals surface area contributed by atoms with Gasteiger partial charge in [-0.25, -0.2) is 4.98 Å². The van der Waals surface area contributed by atoms with Crippen LogP contribution in [0.25, 0.3) is 10.6 Å². The third-order valence-electron chi connectivity index (χ3n) is 3.07. The molecule has 0 spiro atoms. The van der Waals surface area contributed by atoms with Crippen molar-refractivity contribution in [1.82, 2.24) is 10.3 Å². The molecule has 0 aliphatic carbocycles. The zero-order valence-corrected chi connectivity index (χ0v) is 13.2. The number of para-hydroxylation sites is 1. The summed E-state index contributed by atoms with van der Waals surface area (Å²) in [4.78, 5) is 16.2. The number of nitrogens with zero attached hydrogens (tertiary/aromatic N) is 1. The van der Waals surface area contributed by atoms with Crippen LogP contribution in [-0.4, -0.2) is 24.5 Å². The number of hydrogen-bond donors (Lipinski definition) is 1. The van der Waals surface area contributed by atoms with Crippen LogP contribution in [0.5, 0.6) is 5.75 Å². The number of thiazole rings is 1. The van der Waals surface area contributed by atoms with Gasteiger partial charge < -0.3 is 10.1 Å². The summed E-state index contributed by atoms with van der Waals surface area (Å²) < 4.78 is 5.35. The summed E-state index contributed by atoms with van der Waals surface area (Å²) in [6.07, 6.45) is 2.11. The van der Waals surface area contributed by atoms with Crippen molar-refractivity contribution in [3.05, 3.63) is 35.3 Å². The number of hydrogen-bond acceptors (Lipinski definition) is 4. The summed E-state index contributed by atoms with van der Waals surface area (Å²) in [6, 6.07) is 7.83. The van der Waals surface area contributed by atoms with E-state index in [1.807, 2.05) is 36.6 Å². The molecule has 0 saturated heterocycles. The van der Waals surface area contributed by atoms with Gasteiger partial charge >= 0.3 is 0 Å². The first kappa shape index (κ1) is 15.5. The normalized spacial score (nSPS) is 10.4. The second kappa shape index (κ2) is 7.78. The molecular weight excluding hydrogens is 284 g/mol. The smallest absolute Gasteiger partial charge is 0.220 e. The quantitative estimate of drug-likeness (QED) is 0.854. The molecule has 0 aliphatic rings. The summed E-state index contributed by atoms with van der Waals surface area (Å²) in [5.74, 6) is 0.905. The minimum Gasteiger partial charge on any atom is -0.496 e. The maximum Gasteiger partial charge on any atom is 0.220 e. The van der Waals surface area contributed by atoms with Gasteiger partial charge in [0.1, 0.15) is 10.8 Å². The van der Waals surface area contributed by atoms with Gasteiger partial charge in [-0.2, -0.15) is 0 Å². The molecule has 0 bridgehead atoms. The SMILES string of the molecule is CCCNC(=O)CCc1csc(-c2ccccc2OC)n1. The molecular formula is C16H20N2O2S. The number of methoxy groups -OCH3 is 1. The van der Waals surface area contributed by atoms with Gasteiger partial charge in [0.05, 0.1) is 18.4 Å². The van der Waals surface area contributed by atoms with Crippen LogP contribution in [-0.2, 0) is 11.2 Å². The van der Waals surface area contributed by atoms with Gasteiger partial charge in [-0.05, 0) is 25.0 Å². The number of aromatic nitrogens is 1. The van der Waals surface area contributed by atoms with Crippen LogP contribution in [0.1, 0.15) is 25.5 Å². The molecule has 21 heavy (non-hydrogen) atoms. The maximum atomic E-state index is 11.6. The zero-order valence-electron chi connectivity index (χ0n) is 12.4. The molecule has 1 aromatic carbocycles. The van der Waals surface area contributed by atoms with Gasteiger partial charge in [-0.3, -0.25) is 4.79 Å². The van der Waals surface area contributed by atoms with E-state index in [0.717, 1.165) is 35.0 Å². The lowest BCUT2D eigenvalue weighted by atomic mass is 10.2. The van der Waals surface area contributed by atoms with E-state index in [-0.39, 0.29) is 5.91 Å². The Bertz CT molecular complexity index is 595. The van der Waals surface area contributed by atoms with Gasteiger partial charge in [0, 0.05) is 18.3 Å². The number of aryl methyl sites for hydroxylation is 1. The molecule has 0 radical (unpaired) electrons. The van der Waals surface area contributed by atoms with E-state index in [1.165, 1.54) is 0 Å². The van der Waals surface area contributed by atoms with Crippen molar-refractivity contribution in [1.29, 1.82) is 0 Å². The lowest BCUT2D eigenvalue weighted by Gasteiger charge is -2.04. The van der Waals surface area contributed by atoms with Gasteiger partial charge in [0.2, 0.25) is 5.91 Å². The Morgan fingerprint density at radius 1 is 1.38 bits per heavy atom. The standard InChI is InChI=1S/C16H20N2O2S/c1-3-10-17-15(19)9-8-12-11-21-16(18-12)13-6-4-5-7-14(13)20-2/h4-7,11H,3,8-10H2,1-2H3,(H,17,19). The molecule has 0 aliphatic heterocycles. The highest BCUT2D eigenvalue weighted by molar-refractivity contribution is 7.13. The van der Waals surface area contributed by atoms with E-state index in [4.69, 9.17) is 4.74 Å². The molecule has 112 valence electrons. The van der Waals surface area contributed by atoms with Crippen LogP contribution in [0, 0.1) is 0 Å². The lowest BCUT2D eigenvalue weighted by molar-refractivity contribution is -0.121. The van der Waals surface area contributed by atoms with E-state index in [2.05, 4.69) is 10.3 Å². The van der Waals surface area contributed by atoms with Gasteiger partial charge in [-0.15, -0.1) is 11.3 Å². The Labute approximate surface area is 129 Å². The first-order chi connectivity index (χ1) is 10.2. The third kappa shape index (κ3) is 4.29. The average molecular weight is 304 g/mol. The molecule has 1 amide bonds. The number of ether oxygens (including phenoxy) is 1. The van der Waals surface area contributed by atoms with Crippen LogP contribution in [0.4, 0.5) is 0 Å². The predicted octanol–water partition coefficient (Wildman–Crippen LogP) is 3.28. The number of amides is 1. The Kier molecular flexibility index (Phi) is 5.75. The van der Waals surface area contributed by atoms with Crippen LogP contribution in [0.3, 0.4) is 0 Å². The molecule has 1 heterocycles. The van der Waals surface area contributed by atoms with Crippen molar-refractivity contribution in [2.24, 2.45) is 0 Å². The number of carbonyl (C=O) groups is 1. The summed E-state index contributed by atoms with van der Waals surface area (Å²) in [5, 5.41) is 5.81. The molecule has 2 aromatic rings. The minimum atomic E-state index is 0.0868. The maximum absolute atomic E-state index is 11.6. The first-order valence-corrected chi connectivity index (χ1v) is 7.97. The highest BCUT2D eigenvalue weighted by Crippen LogP contribution is 2.31. The lowest BCUT2D eigenvalue weighted by Crippen LogP contribution is -2.24. The Morgan fingerprint density at radius 3 is 2.95 bits per heavy atom. The van der Waals surface area contributed by atoms with Crippen LogP contribution < -0.4 is 10.1 Å². The van der Waals surface area contributed by atoms with Gasteiger partial charge in [0.25, 0.3) is 0 Å². The number of benzene rings is 1. The minimum absolute atomic E-state index is 0.0868. The van der Waals surface area contributed by atoms with Crippen molar-refractivity contribution in [2.75, 3.05) is 13.7 Å². The molecule has 2 rings (SSSR count). The summed E-state index contributed by atoms with van der Waals surface area (Å²) in [7, 11) is 1.66. The fourth-order valence-electron chi connectivity index (χ4n) is 1.96. The number of nitrogens with one attached hydrogen (secondary N) is 1. The van der Waals surface area contributed by atoms with E-state index in [1.54, 1.807) is 18.4 Å². The second-order valence-corrected chi connectivity index (χ2v) is 5.55. The molecule has 1 aromatic heterocycles. The highest BCUT2D eigenvalue weighted by atomic mass is 32.1. The van der Waals surface area contributed by atoms with Gasteiger partial charge in [-0.1, -0.05) is 19.1 Å². The summed E-state index contributed by atoms with van der Waals surface area (Å²) in [5.41, 5.74) is 1.94. The van der Waals surface area contributed by atoms with E-state index < -0.39 is 0 Å². The van der Waals surface area contributed by atoms with Crippen molar-refractivity contribution in [3.63, 3.8) is 0 Å². The second-order valence-electron chi connectivity index (χ2n) is 4.69. The fraction of sp³-hybridized carbons (Fsp3) is 0.375. The monoisotopic (exact) mass is 304 g/mol. The largest absolute Gasteiger partial charge is 0.496 e. The van der Waals surface area contributed by atoms with E-state index >= 15 is 0 Å². The highest BCUT2D eigenvalue weighted by Gasteiger charge is 2.10. The molecule has 5 heteroatoms. The number of carbonyl (C=O) groups excluding carboxylic acids is 1. The molecule has 4 nitrogen and oxygen atoms in total. The molecule has 0 saturated carbocycles. The van der Waals surface area contributed by atoms with Crippen LogP contribution in [0.15, 0.2) is 29.6 Å². The van der Waals surface area contributed by atoms with Crippen molar-refractivity contribution < 1.29 is 9.53 Å². The molecule has 0 unspecified atom stereocenters. The topological polar surface area (TPSA) is 51.2 Å². The summed E-state index contributed by atoms with van der Waals surface area (Å²) >= 11 is 1.58. The van der Waals surface area contributed by atoms with Crippen LogP contribution >= 0.6 is 11.3 Å². The molecule has 1 N–H and O–H groups in total. The van der Waals surface area contributed by atoms with Crippen molar-refractivity contribution >= 4 is 17.2 Å². The molecule has 0 fully saturated rings. The third-order valence-corrected chi connectivity index (χ3v) is 3.99. The summed E-state index contributed by atoms with van der Waals surface area (Å²) in [6.45, 7) is 2.78. The molecule has 0 atom stereocenters. The zero-order chi connectivity index (χ0) is 15.1. The van der Waals surface area contributed by atoms with E-state index in [9.17, 15) is 4.79 Å².